The van der Waals surface area contributed by atoms with Crippen LogP contribution in [0.2, 0.25) is 0 Å². The predicted molar refractivity (Wildman–Crippen MR) is 0 cm³/mol. The van der Waals surface area contributed by atoms with Crippen molar-refractivity contribution in [3.63, 3.8) is 0 Å². The van der Waals surface area contributed by atoms with Gasteiger partial charge in [-0.15, -0.1) is 0 Å². The summed E-state index contributed by atoms with van der Waals surface area (Å²) in [7, 11) is 0. The number of hydrogen-bond donors (Lipinski definition) is 0. The Bertz CT molecular complexity index is 6.00. The van der Waals surface area contributed by atoms with Gasteiger partial charge in [0.25, 0.3) is 0 Å². The van der Waals surface area contributed by atoms with Crippen LogP contribution in [-0.2, 0) is 36.5 Å². The van der Waals surface area contributed by atoms with Crippen LogP contribution in [0.25, 0.3) is 0 Å². The zero-order chi connectivity index (χ0) is 0. The summed E-state index contributed by atoms with van der Waals surface area (Å²) < 4.78 is 0. The Morgan fingerprint density at radius 2 is 0.750 bits per heavy atom. The van der Waals surface area contributed by atoms with Crippen molar-refractivity contribution in [1.82, 2.24) is 0 Å². The van der Waals surface area contributed by atoms with E-state index in [1.54, 1.807) is 0 Å². The molecular formula is Cl2FeZn+2. The van der Waals surface area contributed by atoms with Crippen LogP contribution in [0, 0.1) is 0 Å². The number of rotatable bonds is 0. The third-order valence-electron chi connectivity index (χ3n) is 0. The van der Waals surface area contributed by atoms with Crippen molar-refractivity contribution in [2.45, 2.75) is 0 Å². The van der Waals surface area contributed by atoms with E-state index < -0.39 is 0 Å². The minimum absolute atomic E-state index is 0. The van der Waals surface area contributed by atoms with Gasteiger partial charge >= 0.3 is 36.5 Å². The molecule has 0 aromatic heterocycles. The van der Waals surface area contributed by atoms with E-state index in [-0.39, 0.29) is 61.4 Å². The van der Waals surface area contributed by atoms with E-state index in [9.17, 15) is 0 Å². The molecule has 0 bridgehead atoms. The molecule has 4 heavy (non-hydrogen) atoms. The second-order valence-corrected chi connectivity index (χ2v) is 0. The fourth-order valence-corrected chi connectivity index (χ4v) is 0. The molecule has 0 heterocycles. The minimum Gasteiger partial charge on any atom is -1.00 e. The van der Waals surface area contributed by atoms with Crippen LogP contribution in [0.15, 0.2) is 0 Å². The van der Waals surface area contributed by atoms with E-state index in [0.717, 1.165) is 0 Å². The van der Waals surface area contributed by atoms with Crippen LogP contribution >= 0.6 is 0 Å². The molecule has 0 saturated carbocycles. The van der Waals surface area contributed by atoms with Crippen molar-refractivity contribution >= 4 is 0 Å². The second-order valence-electron chi connectivity index (χ2n) is 0. The second kappa shape index (κ2) is 22.1. The van der Waals surface area contributed by atoms with Crippen molar-refractivity contribution < 1.29 is 61.4 Å². The fourth-order valence-electron chi connectivity index (χ4n) is 0. The maximum atomic E-state index is 0. The normalized spacial score (nSPS) is 0. The molecule has 0 saturated heterocycles. The molecule has 0 fully saturated rings. The van der Waals surface area contributed by atoms with Crippen molar-refractivity contribution in [2.75, 3.05) is 0 Å². The molecule has 0 aliphatic heterocycles. The summed E-state index contributed by atoms with van der Waals surface area (Å²) >= 11 is 0. The molecular weight excluding hydrogens is 192 g/mol. The molecule has 0 unspecified atom stereocenters. The Morgan fingerprint density at radius 1 is 0.750 bits per heavy atom. The summed E-state index contributed by atoms with van der Waals surface area (Å²) in [5.41, 5.74) is 0. The molecule has 0 rings (SSSR count). The zero-order valence-electron chi connectivity index (χ0n) is 1.82. The topological polar surface area (TPSA) is 0 Å². The molecule has 4 heteroatoms. The number of halogens is 2. The maximum Gasteiger partial charge on any atom is 2.00 e. The SMILES string of the molecule is [Cl-].[Cl-].[Fe+2].[Zn+2]. The van der Waals surface area contributed by atoms with Gasteiger partial charge in [0.05, 0.1) is 0 Å². The van der Waals surface area contributed by atoms with Gasteiger partial charge < -0.3 is 24.8 Å². The number of hydrogen-bond acceptors (Lipinski definition) is 0. The van der Waals surface area contributed by atoms with Crippen LogP contribution in [0.4, 0.5) is 0 Å². The summed E-state index contributed by atoms with van der Waals surface area (Å²) in [5.74, 6) is 0. The molecule has 0 atom stereocenters. The molecule has 0 aliphatic carbocycles. The van der Waals surface area contributed by atoms with Crippen LogP contribution in [0.5, 0.6) is 0 Å². The minimum atomic E-state index is 0. The average Bonchev–Trinajstić information content (AvgIpc) is 0. The third-order valence-corrected chi connectivity index (χ3v) is 0. The van der Waals surface area contributed by atoms with Gasteiger partial charge in [0.2, 0.25) is 0 Å². The summed E-state index contributed by atoms with van der Waals surface area (Å²) in [6.45, 7) is 0. The van der Waals surface area contributed by atoms with Crippen LogP contribution in [0.1, 0.15) is 0 Å². The van der Waals surface area contributed by atoms with Crippen LogP contribution < -0.4 is 24.8 Å². The monoisotopic (exact) mass is 190 g/mol. The van der Waals surface area contributed by atoms with Gasteiger partial charge in [0.1, 0.15) is 0 Å². The Morgan fingerprint density at radius 3 is 0.750 bits per heavy atom. The maximum absolute atomic E-state index is 0. The van der Waals surface area contributed by atoms with Crippen molar-refractivity contribution in [2.24, 2.45) is 0 Å². The fraction of sp³-hybridized carbons (Fsp3) is 0. The van der Waals surface area contributed by atoms with E-state index in [2.05, 4.69) is 0 Å². The average molecular weight is 192 g/mol. The van der Waals surface area contributed by atoms with Gasteiger partial charge in [0, 0.05) is 0 Å². The van der Waals surface area contributed by atoms with Crippen molar-refractivity contribution in [3.8, 4) is 0 Å². The summed E-state index contributed by atoms with van der Waals surface area (Å²) in [4.78, 5) is 0. The molecule has 0 amide bonds. The molecule has 0 radical (unpaired) electrons. The summed E-state index contributed by atoms with van der Waals surface area (Å²) in [6, 6.07) is 0. The van der Waals surface area contributed by atoms with E-state index >= 15 is 0 Å². The Kier molecular flexibility index (Phi) is 237. The molecule has 0 aromatic carbocycles. The van der Waals surface area contributed by atoms with Gasteiger partial charge in [-0.2, -0.15) is 0 Å². The quantitative estimate of drug-likeness (QED) is 0.335. The van der Waals surface area contributed by atoms with E-state index in [1.807, 2.05) is 0 Å². The molecule has 22 valence electrons. The zero-order valence-corrected chi connectivity index (χ0v) is 7.40. The smallest absolute Gasteiger partial charge is 1.00 e. The van der Waals surface area contributed by atoms with Gasteiger partial charge in [-0.25, -0.2) is 0 Å². The third kappa shape index (κ3) is 9.30. The summed E-state index contributed by atoms with van der Waals surface area (Å²) in [6.07, 6.45) is 0. The van der Waals surface area contributed by atoms with Crippen LogP contribution in [0.3, 0.4) is 0 Å². The van der Waals surface area contributed by atoms with Gasteiger partial charge in [0.15, 0.2) is 0 Å². The first-order valence-corrected chi connectivity index (χ1v) is 0. The van der Waals surface area contributed by atoms with E-state index in [4.69, 9.17) is 0 Å². The van der Waals surface area contributed by atoms with Gasteiger partial charge in [-0.3, -0.25) is 0 Å². The van der Waals surface area contributed by atoms with Gasteiger partial charge in [-0.1, -0.05) is 0 Å². The molecule has 0 nitrogen and oxygen atoms in total. The first-order valence-electron chi connectivity index (χ1n) is 0. The largest absolute Gasteiger partial charge is 2.00 e. The Balaban J connectivity index is 0. The van der Waals surface area contributed by atoms with Crippen LogP contribution in [-0.4, -0.2) is 0 Å². The Hall–Kier alpha value is 1.72. The molecule has 0 N–H and O–H groups in total. The Labute approximate surface area is 61.2 Å². The molecule has 0 spiro atoms. The first kappa shape index (κ1) is 43.0. The standard InChI is InChI=1S/2ClH.Fe.Zn/h2*1H;;/q;;2*+2/p-2. The predicted octanol–water partition coefficient (Wildman–Crippen LogP) is -6.00. The first-order chi connectivity index (χ1) is 0. The van der Waals surface area contributed by atoms with Crippen molar-refractivity contribution in [3.05, 3.63) is 0 Å². The van der Waals surface area contributed by atoms with Gasteiger partial charge in [-0.05, 0) is 0 Å². The molecule has 0 aromatic rings. The van der Waals surface area contributed by atoms with E-state index in [1.165, 1.54) is 0 Å². The van der Waals surface area contributed by atoms with Crippen molar-refractivity contribution in [1.29, 1.82) is 0 Å². The summed E-state index contributed by atoms with van der Waals surface area (Å²) in [5, 5.41) is 0. The van der Waals surface area contributed by atoms with E-state index in [0.29, 0.717) is 0 Å². The molecule has 0 aliphatic rings.